The first-order valence-corrected chi connectivity index (χ1v) is 21.1. The summed E-state index contributed by atoms with van der Waals surface area (Å²) >= 11 is 0. The number of fused-ring (bicyclic) bond motifs is 6. The van der Waals surface area contributed by atoms with Crippen molar-refractivity contribution in [3.8, 4) is 67.5 Å². The van der Waals surface area contributed by atoms with Gasteiger partial charge in [-0.1, -0.05) is 176 Å². The van der Waals surface area contributed by atoms with Crippen LogP contribution in [0.4, 0.5) is 0 Å². The van der Waals surface area contributed by atoms with E-state index >= 15 is 0 Å². The van der Waals surface area contributed by atoms with Gasteiger partial charge in [0, 0.05) is 55.2 Å². The molecule has 290 valence electrons. The van der Waals surface area contributed by atoms with E-state index in [0.717, 1.165) is 56.1 Å². The van der Waals surface area contributed by atoms with Crippen LogP contribution in [0.2, 0.25) is 0 Å². The molecule has 3 heterocycles. The quantitative estimate of drug-likeness (QED) is 0.161. The maximum atomic E-state index is 5.13. The first kappa shape index (κ1) is 35.6. The Morgan fingerprint density at radius 3 is 1.32 bits per heavy atom. The average Bonchev–Trinajstić information content (AvgIpc) is 3.88. The highest BCUT2D eigenvalue weighted by Crippen LogP contribution is 2.40. The Morgan fingerprint density at radius 1 is 0.274 bits per heavy atom. The number of nitrogens with zero attached hydrogens (tertiary/aromatic N) is 4. The van der Waals surface area contributed by atoms with Crippen LogP contribution in [-0.4, -0.2) is 19.1 Å². The molecule has 0 saturated carbocycles. The first-order valence-electron chi connectivity index (χ1n) is 21.1. The lowest BCUT2D eigenvalue weighted by atomic mass is 10.0. The molecule has 3 aromatic heterocycles. The molecule has 0 aliphatic rings. The molecule has 0 fully saturated rings. The van der Waals surface area contributed by atoms with Gasteiger partial charge in [0.1, 0.15) is 0 Å². The molecule has 0 spiro atoms. The van der Waals surface area contributed by atoms with Gasteiger partial charge in [-0.3, -0.25) is 0 Å². The average molecular weight is 791 g/mol. The van der Waals surface area contributed by atoms with Crippen LogP contribution in [-0.2, 0) is 0 Å². The van der Waals surface area contributed by atoms with E-state index in [-0.39, 0.29) is 0 Å². The van der Waals surface area contributed by atoms with Crippen molar-refractivity contribution in [3.05, 3.63) is 231 Å². The highest BCUT2D eigenvalue weighted by Gasteiger charge is 2.19. The molecule has 0 radical (unpaired) electrons. The van der Waals surface area contributed by atoms with Gasteiger partial charge in [-0.15, -0.1) is 0 Å². The Bertz CT molecular complexity index is 3520. The molecule has 0 saturated heterocycles. The molecular formula is C58H38N4. The van der Waals surface area contributed by atoms with E-state index < -0.39 is 0 Å². The predicted octanol–water partition coefficient (Wildman–Crippen LogP) is 15.0. The molecule has 62 heavy (non-hydrogen) atoms. The fraction of sp³-hybridized carbons (Fsp3) is 0. The molecule has 4 nitrogen and oxygen atoms in total. The van der Waals surface area contributed by atoms with Crippen LogP contribution in [0.25, 0.3) is 111 Å². The molecule has 0 unspecified atom stereocenters. The lowest BCUT2D eigenvalue weighted by molar-refractivity contribution is 1.17. The van der Waals surface area contributed by atoms with Gasteiger partial charge in [0.2, 0.25) is 0 Å². The molecule has 0 bridgehead atoms. The van der Waals surface area contributed by atoms with Gasteiger partial charge in [-0.2, -0.15) is 0 Å². The maximum absolute atomic E-state index is 5.13. The third kappa shape index (κ3) is 6.00. The molecule has 9 aromatic carbocycles. The van der Waals surface area contributed by atoms with E-state index in [2.05, 4.69) is 228 Å². The summed E-state index contributed by atoms with van der Waals surface area (Å²) in [5, 5.41) is 4.95. The zero-order valence-electron chi connectivity index (χ0n) is 33.7. The van der Waals surface area contributed by atoms with Gasteiger partial charge in [-0.05, 0) is 71.3 Å². The van der Waals surface area contributed by atoms with Crippen molar-refractivity contribution in [2.45, 2.75) is 0 Å². The zero-order chi connectivity index (χ0) is 41.0. The Labute approximate surface area is 359 Å². The van der Waals surface area contributed by atoms with Crippen LogP contribution >= 0.6 is 0 Å². The smallest absolute Gasteiger partial charge is 0.160 e. The second kappa shape index (κ2) is 14.7. The fourth-order valence-corrected chi connectivity index (χ4v) is 9.29. The van der Waals surface area contributed by atoms with Crippen LogP contribution in [0.15, 0.2) is 231 Å². The van der Waals surface area contributed by atoms with Gasteiger partial charge >= 0.3 is 0 Å². The summed E-state index contributed by atoms with van der Waals surface area (Å²) in [5.41, 5.74) is 16.4. The topological polar surface area (TPSA) is 35.6 Å². The SMILES string of the molecule is c1ccc(-c2cc(-c3ccccc3)nc(-c3cccc(-c4cccc(-n5c6ccccc6c6cccc(-c7cccc(-n8c9ccccc9c9ccccc98)c7)c65)c4)c3)n2)cc1. The molecular weight excluding hydrogens is 753 g/mol. The molecule has 0 N–H and O–H groups in total. The summed E-state index contributed by atoms with van der Waals surface area (Å²) < 4.78 is 4.84. The minimum Gasteiger partial charge on any atom is -0.309 e. The summed E-state index contributed by atoms with van der Waals surface area (Å²) in [5.74, 6) is 0.693. The monoisotopic (exact) mass is 790 g/mol. The highest BCUT2D eigenvalue weighted by molar-refractivity contribution is 6.14. The predicted molar refractivity (Wildman–Crippen MR) is 258 cm³/mol. The van der Waals surface area contributed by atoms with Gasteiger partial charge in [0.25, 0.3) is 0 Å². The van der Waals surface area contributed by atoms with Crippen molar-refractivity contribution in [2.24, 2.45) is 0 Å². The molecule has 12 rings (SSSR count). The minimum atomic E-state index is 0.693. The second-order valence-corrected chi connectivity index (χ2v) is 15.8. The number of hydrogen-bond acceptors (Lipinski definition) is 2. The first-order chi connectivity index (χ1) is 30.7. The summed E-state index contributed by atoms with van der Waals surface area (Å²) in [4.78, 5) is 10.3. The van der Waals surface area contributed by atoms with Crippen molar-refractivity contribution >= 4 is 43.6 Å². The van der Waals surface area contributed by atoms with Gasteiger partial charge in [-0.25, -0.2) is 9.97 Å². The number of aromatic nitrogens is 4. The molecule has 0 aliphatic heterocycles. The van der Waals surface area contributed by atoms with E-state index in [1.54, 1.807) is 0 Å². The molecule has 4 heteroatoms. The normalized spacial score (nSPS) is 11.5. The van der Waals surface area contributed by atoms with E-state index in [4.69, 9.17) is 9.97 Å². The van der Waals surface area contributed by atoms with Crippen LogP contribution in [0.3, 0.4) is 0 Å². The largest absolute Gasteiger partial charge is 0.309 e. The number of hydrogen-bond donors (Lipinski definition) is 0. The summed E-state index contributed by atoms with van der Waals surface area (Å²) in [6, 6.07) is 82.2. The van der Waals surface area contributed by atoms with Crippen molar-refractivity contribution in [3.63, 3.8) is 0 Å². The third-order valence-electron chi connectivity index (χ3n) is 12.1. The van der Waals surface area contributed by atoms with Crippen molar-refractivity contribution < 1.29 is 0 Å². The van der Waals surface area contributed by atoms with Crippen LogP contribution in [0.5, 0.6) is 0 Å². The van der Waals surface area contributed by atoms with Gasteiger partial charge in [0.15, 0.2) is 5.82 Å². The van der Waals surface area contributed by atoms with E-state index in [0.29, 0.717) is 5.82 Å². The van der Waals surface area contributed by atoms with Crippen LogP contribution in [0, 0.1) is 0 Å². The van der Waals surface area contributed by atoms with Crippen molar-refractivity contribution in [1.82, 2.24) is 19.1 Å². The van der Waals surface area contributed by atoms with Gasteiger partial charge < -0.3 is 9.13 Å². The molecule has 12 aromatic rings. The number of rotatable bonds is 7. The number of benzene rings is 9. The minimum absolute atomic E-state index is 0.693. The van der Waals surface area contributed by atoms with Gasteiger partial charge in [0.05, 0.1) is 33.5 Å². The van der Waals surface area contributed by atoms with E-state index in [1.165, 1.54) is 49.2 Å². The lowest BCUT2D eigenvalue weighted by Gasteiger charge is -2.15. The maximum Gasteiger partial charge on any atom is 0.160 e. The Kier molecular flexibility index (Phi) is 8.46. The van der Waals surface area contributed by atoms with Crippen LogP contribution in [0.1, 0.15) is 0 Å². The molecule has 0 aliphatic carbocycles. The van der Waals surface area contributed by atoms with E-state index in [1.807, 2.05) is 12.1 Å². The zero-order valence-corrected chi connectivity index (χ0v) is 33.7. The van der Waals surface area contributed by atoms with Crippen LogP contribution < -0.4 is 0 Å². The Balaban J connectivity index is 0.996. The van der Waals surface area contributed by atoms with Crippen molar-refractivity contribution in [1.29, 1.82) is 0 Å². The third-order valence-corrected chi connectivity index (χ3v) is 12.1. The fourth-order valence-electron chi connectivity index (χ4n) is 9.29. The number of para-hydroxylation sites is 4. The molecule has 0 atom stereocenters. The summed E-state index contributed by atoms with van der Waals surface area (Å²) in [6.45, 7) is 0. The Hall–Kier alpha value is -8.34. The second-order valence-electron chi connectivity index (χ2n) is 15.8. The molecule has 0 amide bonds. The Morgan fingerprint density at radius 2 is 0.694 bits per heavy atom. The summed E-state index contributed by atoms with van der Waals surface area (Å²) in [6.07, 6.45) is 0. The lowest BCUT2D eigenvalue weighted by Crippen LogP contribution is -1.97. The summed E-state index contributed by atoms with van der Waals surface area (Å²) in [7, 11) is 0. The van der Waals surface area contributed by atoms with Crippen molar-refractivity contribution in [2.75, 3.05) is 0 Å². The standard InChI is InChI=1S/C58H38N4/c1-3-17-39(18-4-1)52-38-53(40-19-5-2-6-20-40)60-58(59-52)44-24-13-21-41(35-44)42-22-14-26-46(36-42)62-56-34-12-9-29-50(56)51-31-16-30-47(57(51)62)43-23-15-25-45(37-43)61-54-32-10-7-27-48(54)49-28-8-11-33-55(49)61/h1-38H. The highest BCUT2D eigenvalue weighted by atomic mass is 15.0. The van der Waals surface area contributed by atoms with E-state index in [9.17, 15) is 0 Å².